The first-order valence-corrected chi connectivity index (χ1v) is 7.29. The molecule has 0 atom stereocenters. The third-order valence-corrected chi connectivity index (χ3v) is 3.56. The molecule has 0 saturated heterocycles. The fraction of sp³-hybridized carbons (Fsp3) is 0.235. The number of hydrogen-bond acceptors (Lipinski definition) is 3. The first-order valence-electron chi connectivity index (χ1n) is 6.91. The largest absolute Gasteiger partial charge is 0.497 e. The van der Waals surface area contributed by atoms with Gasteiger partial charge < -0.3 is 14.8 Å². The highest BCUT2D eigenvalue weighted by Gasteiger charge is 2.05. The minimum atomic E-state index is -0.145. The molecule has 0 aromatic heterocycles. The summed E-state index contributed by atoms with van der Waals surface area (Å²) in [6.45, 7) is 2.72. The van der Waals surface area contributed by atoms with Crippen LogP contribution in [0.5, 0.6) is 11.5 Å². The molecule has 0 aliphatic carbocycles. The molecule has 2 aromatic carbocycles. The summed E-state index contributed by atoms with van der Waals surface area (Å²) < 4.78 is 10.6. The second kappa shape index (κ2) is 7.71. The average Bonchev–Trinajstić information content (AvgIpc) is 2.54. The molecule has 0 spiro atoms. The summed E-state index contributed by atoms with van der Waals surface area (Å²) in [5.74, 6) is 1.26. The molecule has 0 heterocycles. The Balaban J connectivity index is 1.77. The topological polar surface area (TPSA) is 47.6 Å². The Bertz CT molecular complexity index is 641. The minimum Gasteiger partial charge on any atom is -0.497 e. The number of carbonyl (C=O) groups excluding carboxylic acids is 1. The van der Waals surface area contributed by atoms with Crippen LogP contribution in [-0.4, -0.2) is 26.2 Å². The van der Waals surface area contributed by atoms with Gasteiger partial charge in [0.1, 0.15) is 18.1 Å². The summed E-state index contributed by atoms with van der Waals surface area (Å²) in [6.07, 6.45) is 0. The maximum absolute atomic E-state index is 11.9. The maximum Gasteiger partial charge on any atom is 0.251 e. The normalized spacial score (nSPS) is 10.1. The zero-order valence-corrected chi connectivity index (χ0v) is 13.3. The Morgan fingerprint density at radius 1 is 1.14 bits per heavy atom. The molecule has 0 aliphatic heterocycles. The Morgan fingerprint density at radius 3 is 2.45 bits per heavy atom. The second-order valence-corrected chi connectivity index (χ2v) is 5.15. The van der Waals surface area contributed by atoms with E-state index in [-0.39, 0.29) is 5.91 Å². The molecule has 5 heteroatoms. The number of aryl methyl sites for hydroxylation is 1. The summed E-state index contributed by atoms with van der Waals surface area (Å²) >= 11 is 6.02. The van der Waals surface area contributed by atoms with E-state index in [1.807, 2.05) is 19.1 Å². The highest BCUT2D eigenvalue weighted by Crippen LogP contribution is 2.21. The lowest BCUT2D eigenvalue weighted by atomic mass is 10.2. The SMILES string of the molecule is COc1ccc(C(=O)NCCOc2ccc(C)c(Cl)c2)cc1. The predicted molar refractivity (Wildman–Crippen MR) is 87.0 cm³/mol. The van der Waals surface area contributed by atoms with Gasteiger partial charge in [-0.25, -0.2) is 0 Å². The van der Waals surface area contributed by atoms with Crippen LogP contribution in [0.2, 0.25) is 5.02 Å². The standard InChI is InChI=1S/C17H18ClNO3/c1-12-3-6-15(11-16(12)18)22-10-9-19-17(20)13-4-7-14(21-2)8-5-13/h3-8,11H,9-10H2,1-2H3,(H,19,20). The van der Waals surface area contributed by atoms with Crippen molar-refractivity contribution in [3.63, 3.8) is 0 Å². The summed E-state index contributed by atoms with van der Waals surface area (Å²) in [4.78, 5) is 11.9. The lowest BCUT2D eigenvalue weighted by molar-refractivity contribution is 0.0947. The molecule has 2 aromatic rings. The third kappa shape index (κ3) is 4.40. The van der Waals surface area contributed by atoms with E-state index in [9.17, 15) is 4.79 Å². The molecule has 0 bridgehead atoms. The van der Waals surface area contributed by atoms with Crippen molar-refractivity contribution in [2.75, 3.05) is 20.3 Å². The molecule has 1 N–H and O–H groups in total. The fourth-order valence-corrected chi connectivity index (χ4v) is 2.01. The van der Waals surface area contributed by atoms with E-state index < -0.39 is 0 Å². The van der Waals surface area contributed by atoms with Crippen molar-refractivity contribution in [1.29, 1.82) is 0 Å². The fourth-order valence-electron chi connectivity index (χ4n) is 1.84. The van der Waals surface area contributed by atoms with Crippen LogP contribution in [0.4, 0.5) is 0 Å². The lowest BCUT2D eigenvalue weighted by Crippen LogP contribution is -2.28. The highest BCUT2D eigenvalue weighted by atomic mass is 35.5. The van der Waals surface area contributed by atoms with Gasteiger partial charge in [0.2, 0.25) is 0 Å². The number of halogens is 1. The van der Waals surface area contributed by atoms with Crippen LogP contribution >= 0.6 is 11.6 Å². The monoisotopic (exact) mass is 319 g/mol. The van der Waals surface area contributed by atoms with Crippen LogP contribution in [0.25, 0.3) is 0 Å². The smallest absolute Gasteiger partial charge is 0.251 e. The van der Waals surface area contributed by atoms with Gasteiger partial charge in [-0.15, -0.1) is 0 Å². The first kappa shape index (κ1) is 16.2. The predicted octanol–water partition coefficient (Wildman–Crippen LogP) is 3.47. The van der Waals surface area contributed by atoms with Gasteiger partial charge in [0.25, 0.3) is 5.91 Å². The maximum atomic E-state index is 11.9. The number of benzene rings is 2. The van der Waals surface area contributed by atoms with E-state index in [4.69, 9.17) is 21.1 Å². The van der Waals surface area contributed by atoms with Gasteiger partial charge in [-0.1, -0.05) is 17.7 Å². The Kier molecular flexibility index (Phi) is 5.67. The second-order valence-electron chi connectivity index (χ2n) is 4.74. The van der Waals surface area contributed by atoms with Crippen molar-refractivity contribution >= 4 is 17.5 Å². The van der Waals surface area contributed by atoms with Crippen molar-refractivity contribution in [2.24, 2.45) is 0 Å². The number of nitrogens with one attached hydrogen (secondary N) is 1. The number of methoxy groups -OCH3 is 1. The third-order valence-electron chi connectivity index (χ3n) is 3.15. The van der Waals surface area contributed by atoms with Gasteiger partial charge in [-0.05, 0) is 48.9 Å². The molecule has 0 unspecified atom stereocenters. The summed E-state index contributed by atoms with van der Waals surface area (Å²) in [7, 11) is 1.59. The van der Waals surface area contributed by atoms with Crippen LogP contribution in [0.15, 0.2) is 42.5 Å². The van der Waals surface area contributed by atoms with E-state index in [2.05, 4.69) is 5.32 Å². The van der Waals surface area contributed by atoms with Crippen molar-refractivity contribution in [2.45, 2.75) is 6.92 Å². The number of carbonyl (C=O) groups is 1. The molecular formula is C17H18ClNO3. The number of amides is 1. The zero-order chi connectivity index (χ0) is 15.9. The van der Waals surface area contributed by atoms with E-state index in [0.717, 1.165) is 11.3 Å². The summed E-state index contributed by atoms with van der Waals surface area (Å²) in [6, 6.07) is 12.4. The average molecular weight is 320 g/mol. The minimum absolute atomic E-state index is 0.145. The van der Waals surface area contributed by atoms with Gasteiger partial charge in [0.15, 0.2) is 0 Å². The molecule has 4 nitrogen and oxygen atoms in total. The Morgan fingerprint density at radius 2 is 1.82 bits per heavy atom. The zero-order valence-electron chi connectivity index (χ0n) is 12.6. The summed E-state index contributed by atoms with van der Waals surface area (Å²) in [5, 5.41) is 3.46. The Labute approximate surface area is 135 Å². The molecule has 0 aliphatic rings. The van der Waals surface area contributed by atoms with Gasteiger partial charge in [0.05, 0.1) is 13.7 Å². The van der Waals surface area contributed by atoms with E-state index in [1.165, 1.54) is 0 Å². The van der Waals surface area contributed by atoms with Crippen LogP contribution in [0.1, 0.15) is 15.9 Å². The van der Waals surface area contributed by atoms with Crippen LogP contribution in [0, 0.1) is 6.92 Å². The van der Waals surface area contributed by atoms with Gasteiger partial charge >= 0.3 is 0 Å². The van der Waals surface area contributed by atoms with Crippen LogP contribution in [0.3, 0.4) is 0 Å². The molecule has 116 valence electrons. The number of hydrogen-bond donors (Lipinski definition) is 1. The molecular weight excluding hydrogens is 302 g/mol. The number of rotatable bonds is 6. The highest BCUT2D eigenvalue weighted by molar-refractivity contribution is 6.31. The Hall–Kier alpha value is -2.20. The molecule has 1 amide bonds. The molecule has 0 radical (unpaired) electrons. The quantitative estimate of drug-likeness (QED) is 0.829. The van der Waals surface area contributed by atoms with Crippen molar-refractivity contribution in [3.05, 3.63) is 58.6 Å². The van der Waals surface area contributed by atoms with Crippen molar-refractivity contribution in [3.8, 4) is 11.5 Å². The molecule has 0 fully saturated rings. The molecule has 2 rings (SSSR count). The van der Waals surface area contributed by atoms with Gasteiger partial charge in [0, 0.05) is 10.6 Å². The lowest BCUT2D eigenvalue weighted by Gasteiger charge is -2.09. The first-order chi connectivity index (χ1) is 10.6. The van der Waals surface area contributed by atoms with Gasteiger partial charge in [-0.2, -0.15) is 0 Å². The molecule has 22 heavy (non-hydrogen) atoms. The number of ether oxygens (including phenoxy) is 2. The summed E-state index contributed by atoms with van der Waals surface area (Å²) in [5.41, 5.74) is 1.58. The molecule has 0 saturated carbocycles. The van der Waals surface area contributed by atoms with Crippen LogP contribution < -0.4 is 14.8 Å². The van der Waals surface area contributed by atoms with Gasteiger partial charge in [-0.3, -0.25) is 4.79 Å². The van der Waals surface area contributed by atoms with E-state index in [1.54, 1.807) is 37.4 Å². The van der Waals surface area contributed by atoms with E-state index >= 15 is 0 Å². The van der Waals surface area contributed by atoms with Crippen LogP contribution in [-0.2, 0) is 0 Å². The van der Waals surface area contributed by atoms with Crippen molar-refractivity contribution < 1.29 is 14.3 Å². The van der Waals surface area contributed by atoms with E-state index in [0.29, 0.717) is 29.5 Å². The van der Waals surface area contributed by atoms with Crippen molar-refractivity contribution in [1.82, 2.24) is 5.32 Å².